The summed E-state index contributed by atoms with van der Waals surface area (Å²) in [4.78, 5) is 6.66. The minimum atomic E-state index is -0.140. The third-order valence-corrected chi connectivity index (χ3v) is 3.25. The van der Waals surface area contributed by atoms with E-state index in [-0.39, 0.29) is 12.2 Å². The number of rotatable bonds is 2. The van der Waals surface area contributed by atoms with Crippen molar-refractivity contribution in [1.29, 1.82) is 0 Å². The van der Waals surface area contributed by atoms with E-state index in [9.17, 15) is 0 Å². The molecule has 0 spiro atoms. The Balaban J connectivity index is 1.81. The molecule has 19 heavy (non-hydrogen) atoms. The molecule has 0 saturated carbocycles. The van der Waals surface area contributed by atoms with E-state index in [1.807, 2.05) is 30.1 Å². The molecule has 6 heteroatoms. The van der Waals surface area contributed by atoms with Gasteiger partial charge in [-0.25, -0.2) is 0 Å². The molecular weight excluding hydrogens is 244 g/mol. The molecule has 1 saturated heterocycles. The number of nitrogens with zero attached hydrogens (tertiary/aromatic N) is 4. The van der Waals surface area contributed by atoms with Crippen LogP contribution in [0.1, 0.15) is 18.9 Å². The Morgan fingerprint density at radius 1 is 1.32 bits per heavy atom. The fourth-order valence-corrected chi connectivity index (χ4v) is 2.42. The second kappa shape index (κ2) is 4.79. The zero-order valence-corrected chi connectivity index (χ0v) is 11.4. The summed E-state index contributed by atoms with van der Waals surface area (Å²) >= 11 is 0. The Morgan fingerprint density at radius 3 is 2.84 bits per heavy atom. The Hall–Kier alpha value is -1.66. The minimum absolute atomic E-state index is 0.140. The molecular formula is C13H18N4O2. The van der Waals surface area contributed by atoms with Gasteiger partial charge in [0.25, 0.3) is 5.89 Å². The van der Waals surface area contributed by atoms with Crippen molar-refractivity contribution in [3.8, 4) is 11.4 Å². The van der Waals surface area contributed by atoms with Crippen molar-refractivity contribution in [3.05, 3.63) is 24.4 Å². The van der Waals surface area contributed by atoms with E-state index in [1.54, 1.807) is 0 Å². The number of aryl methyl sites for hydroxylation is 1. The number of aromatic nitrogens is 3. The highest BCUT2D eigenvalue weighted by molar-refractivity contribution is 5.52. The average Bonchev–Trinajstić information content (AvgIpc) is 2.95. The molecule has 102 valence electrons. The Kier molecular flexibility index (Phi) is 3.12. The summed E-state index contributed by atoms with van der Waals surface area (Å²) < 4.78 is 13.2. The van der Waals surface area contributed by atoms with Gasteiger partial charge in [0.05, 0.1) is 6.10 Å². The lowest BCUT2D eigenvalue weighted by molar-refractivity contribution is -0.0838. The van der Waals surface area contributed by atoms with Gasteiger partial charge in [-0.2, -0.15) is 4.98 Å². The van der Waals surface area contributed by atoms with Crippen LogP contribution in [0.3, 0.4) is 0 Å². The van der Waals surface area contributed by atoms with Crippen LogP contribution in [-0.2, 0) is 11.8 Å². The quantitative estimate of drug-likeness (QED) is 0.820. The predicted octanol–water partition coefficient (Wildman–Crippen LogP) is 1.47. The normalized spacial score (nSPS) is 24.8. The highest BCUT2D eigenvalue weighted by Gasteiger charge is 2.28. The van der Waals surface area contributed by atoms with Crippen LogP contribution in [0, 0.1) is 0 Å². The van der Waals surface area contributed by atoms with Crippen LogP contribution in [0.25, 0.3) is 11.4 Å². The highest BCUT2D eigenvalue weighted by atomic mass is 16.5. The van der Waals surface area contributed by atoms with Crippen molar-refractivity contribution >= 4 is 0 Å². The summed E-state index contributed by atoms with van der Waals surface area (Å²) in [5.41, 5.74) is 0.953. The third-order valence-electron chi connectivity index (χ3n) is 3.25. The maximum atomic E-state index is 5.85. The topological polar surface area (TPSA) is 56.3 Å². The lowest BCUT2D eigenvalue weighted by Gasteiger charge is -2.32. The molecule has 1 aliphatic rings. The van der Waals surface area contributed by atoms with Gasteiger partial charge in [-0.1, -0.05) is 5.16 Å². The molecule has 3 heterocycles. The van der Waals surface area contributed by atoms with Gasteiger partial charge in [-0.15, -0.1) is 0 Å². The molecule has 2 aromatic rings. The molecule has 6 nitrogen and oxygen atoms in total. The SMILES string of the molecule is C[C@@H]1CN(C)C[C@H](c2nc(-c3ccn(C)c3)no2)O1. The largest absolute Gasteiger partial charge is 0.363 e. The molecule has 0 aliphatic carbocycles. The first-order valence-electron chi connectivity index (χ1n) is 6.42. The molecule has 2 aromatic heterocycles. The first-order chi connectivity index (χ1) is 9.11. The van der Waals surface area contributed by atoms with Crippen LogP contribution >= 0.6 is 0 Å². The lowest BCUT2D eigenvalue weighted by atomic mass is 10.2. The Bertz CT molecular complexity index is 552. The fourth-order valence-electron chi connectivity index (χ4n) is 2.42. The summed E-state index contributed by atoms with van der Waals surface area (Å²) in [6, 6.07) is 1.96. The van der Waals surface area contributed by atoms with E-state index < -0.39 is 0 Å². The van der Waals surface area contributed by atoms with Crippen LogP contribution < -0.4 is 0 Å². The molecule has 3 rings (SSSR count). The van der Waals surface area contributed by atoms with Crippen LogP contribution in [-0.4, -0.2) is 45.8 Å². The maximum Gasteiger partial charge on any atom is 0.257 e. The fraction of sp³-hybridized carbons (Fsp3) is 0.538. The predicted molar refractivity (Wildman–Crippen MR) is 69.5 cm³/mol. The number of hydrogen-bond acceptors (Lipinski definition) is 5. The molecule has 1 aliphatic heterocycles. The van der Waals surface area contributed by atoms with Gasteiger partial charge in [-0.05, 0) is 20.0 Å². The van der Waals surface area contributed by atoms with E-state index in [0.717, 1.165) is 18.7 Å². The molecule has 0 radical (unpaired) electrons. The van der Waals surface area contributed by atoms with Crippen molar-refractivity contribution in [2.75, 3.05) is 20.1 Å². The summed E-state index contributed by atoms with van der Waals surface area (Å²) in [5.74, 6) is 1.16. The van der Waals surface area contributed by atoms with Crippen LogP contribution in [0.5, 0.6) is 0 Å². The molecule has 0 unspecified atom stereocenters. The van der Waals surface area contributed by atoms with E-state index in [2.05, 4.69) is 29.0 Å². The number of morpholine rings is 1. The number of likely N-dealkylation sites (N-methyl/N-ethyl adjacent to an activating group) is 1. The van der Waals surface area contributed by atoms with Gasteiger partial charge in [0.1, 0.15) is 6.10 Å². The summed E-state index contributed by atoms with van der Waals surface area (Å²) in [6.45, 7) is 3.76. The van der Waals surface area contributed by atoms with Crippen molar-refractivity contribution in [2.24, 2.45) is 7.05 Å². The first-order valence-corrected chi connectivity index (χ1v) is 6.42. The summed E-state index contributed by atoms with van der Waals surface area (Å²) in [6.07, 6.45) is 3.96. The van der Waals surface area contributed by atoms with Gasteiger partial charge < -0.3 is 18.7 Å². The number of ether oxygens (including phenoxy) is 1. The maximum absolute atomic E-state index is 5.85. The molecule has 0 N–H and O–H groups in total. The number of hydrogen-bond donors (Lipinski definition) is 0. The van der Waals surface area contributed by atoms with Crippen molar-refractivity contribution in [3.63, 3.8) is 0 Å². The monoisotopic (exact) mass is 262 g/mol. The standard InChI is InChI=1S/C13H18N4O2/c1-9-6-17(3)8-11(18-9)13-14-12(15-19-13)10-4-5-16(2)7-10/h4-5,7,9,11H,6,8H2,1-3H3/t9-,11-/m1/s1. The Labute approximate surface area is 112 Å². The minimum Gasteiger partial charge on any atom is -0.363 e. The summed E-state index contributed by atoms with van der Waals surface area (Å²) in [7, 11) is 4.03. The van der Waals surface area contributed by atoms with Gasteiger partial charge in [0.2, 0.25) is 5.82 Å². The van der Waals surface area contributed by atoms with Crippen LogP contribution in [0.2, 0.25) is 0 Å². The van der Waals surface area contributed by atoms with Gasteiger partial charge in [0.15, 0.2) is 0 Å². The molecule has 2 atom stereocenters. The van der Waals surface area contributed by atoms with Crippen molar-refractivity contribution < 1.29 is 9.26 Å². The molecule has 0 aromatic carbocycles. The van der Waals surface area contributed by atoms with Crippen molar-refractivity contribution in [2.45, 2.75) is 19.1 Å². The first kappa shape index (κ1) is 12.4. The zero-order chi connectivity index (χ0) is 13.4. The molecule has 0 amide bonds. The molecule has 0 bridgehead atoms. The zero-order valence-electron chi connectivity index (χ0n) is 11.4. The van der Waals surface area contributed by atoms with Crippen LogP contribution in [0.4, 0.5) is 0 Å². The smallest absolute Gasteiger partial charge is 0.257 e. The van der Waals surface area contributed by atoms with E-state index in [1.165, 1.54) is 0 Å². The van der Waals surface area contributed by atoms with E-state index in [4.69, 9.17) is 9.26 Å². The highest BCUT2D eigenvalue weighted by Crippen LogP contribution is 2.25. The van der Waals surface area contributed by atoms with Gasteiger partial charge in [0, 0.05) is 38.1 Å². The van der Waals surface area contributed by atoms with Gasteiger partial charge >= 0.3 is 0 Å². The Morgan fingerprint density at radius 2 is 2.16 bits per heavy atom. The second-order valence-electron chi connectivity index (χ2n) is 5.18. The van der Waals surface area contributed by atoms with Gasteiger partial charge in [-0.3, -0.25) is 0 Å². The third kappa shape index (κ3) is 2.54. The lowest BCUT2D eigenvalue weighted by Crippen LogP contribution is -2.40. The van der Waals surface area contributed by atoms with Crippen LogP contribution in [0.15, 0.2) is 23.0 Å². The van der Waals surface area contributed by atoms with Crippen molar-refractivity contribution in [1.82, 2.24) is 19.6 Å². The average molecular weight is 262 g/mol. The second-order valence-corrected chi connectivity index (χ2v) is 5.18. The summed E-state index contributed by atoms with van der Waals surface area (Å²) in [5, 5.41) is 4.03. The van der Waals surface area contributed by atoms with E-state index in [0.29, 0.717) is 11.7 Å². The molecule has 1 fully saturated rings. The van der Waals surface area contributed by atoms with E-state index >= 15 is 0 Å².